The van der Waals surface area contributed by atoms with Crippen LogP contribution in [0.4, 0.5) is 0 Å². The molecule has 0 unspecified atom stereocenters. The normalized spacial score (nSPS) is 20.2. The first-order valence-corrected chi connectivity index (χ1v) is 18.8. The third kappa shape index (κ3) is 9.62. The third-order valence-electron chi connectivity index (χ3n) is 8.25. The Kier molecular flexibility index (Phi) is 14.4. The van der Waals surface area contributed by atoms with Crippen molar-refractivity contribution in [3.8, 4) is 0 Å². The van der Waals surface area contributed by atoms with E-state index in [2.05, 4.69) is 67.4 Å². The predicted molar refractivity (Wildman–Crippen MR) is 149 cm³/mol. The summed E-state index contributed by atoms with van der Waals surface area (Å²) in [5.74, 6) is 0. The zero-order chi connectivity index (χ0) is 24.9. The molecule has 1 rings (SSSR count). The minimum atomic E-state index is -1.65. The highest BCUT2D eigenvalue weighted by Gasteiger charge is 2.34. The molecule has 1 aliphatic rings. The first-order valence-electron chi connectivity index (χ1n) is 13.8. The van der Waals surface area contributed by atoms with Gasteiger partial charge in [0.25, 0.3) is 0 Å². The Morgan fingerprint density at radius 1 is 1.00 bits per heavy atom. The number of hydrogen-bond donors (Lipinski definition) is 0. The van der Waals surface area contributed by atoms with Gasteiger partial charge in [0.1, 0.15) is 0 Å². The lowest BCUT2D eigenvalue weighted by Crippen LogP contribution is -2.40. The summed E-state index contributed by atoms with van der Waals surface area (Å²) in [5.41, 5.74) is 5.53. The molecule has 3 atom stereocenters. The molecular weight excluding hydrogens is 440 g/mol. The molecule has 0 aromatic heterocycles. The molecule has 0 aromatic carbocycles. The molecule has 3 nitrogen and oxygen atoms in total. The Balaban J connectivity index is 2.58. The van der Waals surface area contributed by atoms with E-state index in [0.717, 1.165) is 45.1 Å². The maximum absolute atomic E-state index is 6.88. The summed E-state index contributed by atoms with van der Waals surface area (Å²) in [4.78, 5) is 0. The predicted octanol–water partition coefficient (Wildman–Crippen LogP) is 8.79. The van der Waals surface area contributed by atoms with Crippen LogP contribution in [-0.2, 0) is 13.6 Å². The summed E-state index contributed by atoms with van der Waals surface area (Å²) in [7, 11) is -3.12. The molecule has 1 aliphatic heterocycles. The van der Waals surface area contributed by atoms with E-state index in [4.69, 9.17) is 13.6 Å². The van der Waals surface area contributed by atoms with E-state index in [-0.39, 0.29) is 12.2 Å². The van der Waals surface area contributed by atoms with Crippen LogP contribution in [-0.4, -0.2) is 41.6 Å². The second-order valence-corrected chi connectivity index (χ2v) is 19.6. The van der Waals surface area contributed by atoms with Gasteiger partial charge in [-0.05, 0) is 86.4 Å². The largest absolute Gasteiger partial charge is 0.417 e. The molecule has 192 valence electrons. The van der Waals surface area contributed by atoms with Gasteiger partial charge < -0.3 is 13.6 Å². The van der Waals surface area contributed by atoms with Crippen LogP contribution in [0.15, 0.2) is 30.0 Å². The fraction of sp³-hybridized carbons (Fsp3) is 0.821. The lowest BCUT2D eigenvalue weighted by Gasteiger charge is -2.34. The Morgan fingerprint density at radius 3 is 2.09 bits per heavy atom. The van der Waals surface area contributed by atoms with E-state index in [1.54, 1.807) is 0 Å². The van der Waals surface area contributed by atoms with Crippen molar-refractivity contribution in [2.45, 2.75) is 142 Å². The van der Waals surface area contributed by atoms with E-state index in [9.17, 15) is 0 Å². The highest BCUT2D eigenvalue weighted by atomic mass is 28.4. The lowest BCUT2D eigenvalue weighted by molar-refractivity contribution is 0.0320. The summed E-state index contributed by atoms with van der Waals surface area (Å²) in [6.07, 6.45) is 6.82. The van der Waals surface area contributed by atoms with Crippen LogP contribution in [0.2, 0.25) is 36.3 Å². The third-order valence-corrected chi connectivity index (χ3v) is 17.6. The van der Waals surface area contributed by atoms with E-state index < -0.39 is 16.6 Å². The van der Waals surface area contributed by atoms with E-state index >= 15 is 0 Å². The van der Waals surface area contributed by atoms with Crippen molar-refractivity contribution in [3.63, 3.8) is 0 Å². The maximum atomic E-state index is 6.88. The Morgan fingerprint density at radius 2 is 1.58 bits per heavy atom. The van der Waals surface area contributed by atoms with Crippen LogP contribution in [0.5, 0.6) is 0 Å². The number of ether oxygens (including phenoxy) is 1. The van der Waals surface area contributed by atoms with E-state index in [0.29, 0.717) is 6.10 Å². The SMILES string of the molecule is C=C=C(C)C[C@@H](CC[C@@H]1O[C@@H](CCCO[Si](CC)(CC)CC)CC1=C)O[Si](CC)(CC)CC. The molecule has 0 radical (unpaired) electrons. The molecule has 0 N–H and O–H groups in total. The molecule has 33 heavy (non-hydrogen) atoms. The molecule has 1 saturated heterocycles. The molecule has 5 heteroatoms. The van der Waals surface area contributed by atoms with Gasteiger partial charge in [0.05, 0.1) is 12.2 Å². The highest BCUT2D eigenvalue weighted by Crippen LogP contribution is 2.33. The lowest BCUT2D eigenvalue weighted by atomic mass is 9.99. The Labute approximate surface area is 208 Å². The van der Waals surface area contributed by atoms with Gasteiger partial charge in [-0.15, -0.1) is 5.73 Å². The fourth-order valence-electron chi connectivity index (χ4n) is 5.21. The van der Waals surface area contributed by atoms with Crippen LogP contribution in [0.25, 0.3) is 0 Å². The van der Waals surface area contributed by atoms with Gasteiger partial charge in [-0.1, -0.05) is 54.7 Å². The summed E-state index contributed by atoms with van der Waals surface area (Å²) < 4.78 is 19.8. The molecule has 0 aromatic rings. The van der Waals surface area contributed by atoms with Gasteiger partial charge >= 0.3 is 0 Å². The standard InChI is InChI=1S/C28H54O3Si2/c1-10-24(8)22-27(31-33(14-5,15-6)16-7)19-20-28-25(9)23-26(30-28)18-17-21-29-32(11-2,12-3)13-4/h26-28H,1,9,11-23H2,2-8H3/t26-,27+,28-/m0/s1. The molecule has 0 amide bonds. The van der Waals surface area contributed by atoms with Crippen LogP contribution in [0.1, 0.15) is 87.0 Å². The average molecular weight is 495 g/mol. The molecule has 0 aliphatic carbocycles. The van der Waals surface area contributed by atoms with Crippen molar-refractivity contribution in [3.05, 3.63) is 30.0 Å². The minimum Gasteiger partial charge on any atom is -0.417 e. The van der Waals surface area contributed by atoms with Crippen LogP contribution in [0.3, 0.4) is 0 Å². The molecule has 1 fully saturated rings. The first-order chi connectivity index (χ1) is 15.8. The van der Waals surface area contributed by atoms with Crippen molar-refractivity contribution >= 4 is 16.6 Å². The van der Waals surface area contributed by atoms with Crippen LogP contribution in [0, 0.1) is 0 Å². The minimum absolute atomic E-state index is 0.173. The monoisotopic (exact) mass is 494 g/mol. The second-order valence-electron chi connectivity index (χ2n) is 10.1. The highest BCUT2D eigenvalue weighted by molar-refractivity contribution is 6.74. The molecule has 0 saturated carbocycles. The van der Waals surface area contributed by atoms with Gasteiger partial charge in [0.2, 0.25) is 0 Å². The maximum Gasteiger partial charge on any atom is 0.192 e. The van der Waals surface area contributed by atoms with Gasteiger partial charge in [0.15, 0.2) is 16.6 Å². The summed E-state index contributed by atoms with van der Waals surface area (Å²) in [5, 5.41) is 0. The average Bonchev–Trinajstić information content (AvgIpc) is 3.20. The summed E-state index contributed by atoms with van der Waals surface area (Å²) in [6, 6.07) is 7.22. The van der Waals surface area contributed by atoms with Crippen LogP contribution >= 0.6 is 0 Å². The van der Waals surface area contributed by atoms with E-state index in [1.807, 2.05) is 0 Å². The Bertz CT molecular complexity index is 602. The quantitative estimate of drug-likeness (QED) is 0.0824. The molecule has 0 bridgehead atoms. The number of rotatable bonds is 18. The summed E-state index contributed by atoms with van der Waals surface area (Å²) in [6.45, 7) is 25.0. The van der Waals surface area contributed by atoms with Crippen molar-refractivity contribution in [2.24, 2.45) is 0 Å². The fourth-order valence-corrected chi connectivity index (χ4v) is 10.8. The van der Waals surface area contributed by atoms with Gasteiger partial charge in [-0.25, -0.2) is 0 Å². The van der Waals surface area contributed by atoms with Crippen molar-refractivity contribution in [2.75, 3.05) is 6.61 Å². The topological polar surface area (TPSA) is 27.7 Å². The zero-order valence-electron chi connectivity index (χ0n) is 23.1. The van der Waals surface area contributed by atoms with Gasteiger partial charge in [-0.2, -0.15) is 0 Å². The van der Waals surface area contributed by atoms with Gasteiger partial charge in [0, 0.05) is 19.1 Å². The van der Waals surface area contributed by atoms with Crippen LogP contribution < -0.4 is 0 Å². The van der Waals surface area contributed by atoms with Crippen molar-refractivity contribution in [1.82, 2.24) is 0 Å². The smallest absolute Gasteiger partial charge is 0.192 e. The molecule has 0 spiro atoms. The van der Waals surface area contributed by atoms with Gasteiger partial charge in [-0.3, -0.25) is 0 Å². The van der Waals surface area contributed by atoms with E-state index in [1.165, 1.54) is 47.4 Å². The Hall–Kier alpha value is -0.426. The number of hydrogen-bond acceptors (Lipinski definition) is 3. The molecule has 1 heterocycles. The summed E-state index contributed by atoms with van der Waals surface area (Å²) >= 11 is 0. The van der Waals surface area contributed by atoms with Crippen molar-refractivity contribution < 1.29 is 13.6 Å². The molecular formula is C28H54O3Si2. The zero-order valence-corrected chi connectivity index (χ0v) is 25.1. The second kappa shape index (κ2) is 15.5. The van der Waals surface area contributed by atoms with Crippen molar-refractivity contribution in [1.29, 1.82) is 0 Å². The first kappa shape index (κ1) is 30.6.